The van der Waals surface area contributed by atoms with Crippen LogP contribution in [-0.2, 0) is 16.6 Å². The quantitative estimate of drug-likeness (QED) is 0.663. The van der Waals surface area contributed by atoms with E-state index in [1.807, 2.05) is 0 Å². The van der Waals surface area contributed by atoms with E-state index in [9.17, 15) is 26.4 Å². The van der Waals surface area contributed by atoms with Crippen LogP contribution in [0.4, 0.5) is 13.2 Å². The Morgan fingerprint density at radius 3 is 2.65 bits per heavy atom. The fourth-order valence-electron chi connectivity index (χ4n) is 4.27. The van der Waals surface area contributed by atoms with Crippen LogP contribution in [0.2, 0.25) is 0 Å². The van der Waals surface area contributed by atoms with Gasteiger partial charge < -0.3 is 9.32 Å². The molecule has 1 saturated heterocycles. The van der Waals surface area contributed by atoms with E-state index < -0.39 is 34.1 Å². The number of aromatic nitrogens is 2. The molecule has 2 aliphatic heterocycles. The Kier molecular flexibility index (Phi) is 4.81. The number of hydrogen-bond acceptors (Lipinski definition) is 6. The van der Waals surface area contributed by atoms with Crippen LogP contribution in [0, 0.1) is 5.82 Å². The number of benzene rings is 1. The molecule has 1 aromatic carbocycles. The minimum atomic E-state index is -3.36. The first-order valence-electron chi connectivity index (χ1n) is 10.00. The topological polar surface area (TPSA) is 96.6 Å². The SMILES string of the molecule is O=C1c2cc(-c3nnc(C(F)F)o3)cc(F)c2CN1C[C@@H]1CCCN1S(=O)(=O)C1CC1. The molecule has 166 valence electrons. The molecule has 0 spiro atoms. The van der Waals surface area contributed by atoms with Gasteiger partial charge in [0.2, 0.25) is 15.9 Å². The van der Waals surface area contributed by atoms with Gasteiger partial charge in [-0.2, -0.15) is 13.1 Å². The highest BCUT2D eigenvalue weighted by atomic mass is 32.2. The van der Waals surface area contributed by atoms with Gasteiger partial charge in [-0.05, 0) is 37.8 Å². The van der Waals surface area contributed by atoms with Crippen LogP contribution in [0.3, 0.4) is 0 Å². The molecule has 12 heteroatoms. The first-order valence-corrected chi connectivity index (χ1v) is 11.5. The summed E-state index contributed by atoms with van der Waals surface area (Å²) in [5.74, 6) is -2.32. The Balaban J connectivity index is 1.38. The Labute approximate surface area is 176 Å². The predicted octanol–water partition coefficient (Wildman–Crippen LogP) is 2.73. The fraction of sp³-hybridized carbons (Fsp3) is 0.526. The van der Waals surface area contributed by atoms with Gasteiger partial charge in [-0.3, -0.25) is 4.79 Å². The fourth-order valence-corrected chi connectivity index (χ4v) is 6.36. The highest BCUT2D eigenvalue weighted by molar-refractivity contribution is 7.90. The molecule has 2 aromatic rings. The van der Waals surface area contributed by atoms with E-state index >= 15 is 0 Å². The summed E-state index contributed by atoms with van der Waals surface area (Å²) in [6, 6.07) is 2.07. The number of amides is 1. The molecule has 8 nitrogen and oxygen atoms in total. The van der Waals surface area contributed by atoms with E-state index in [1.54, 1.807) is 0 Å². The molecule has 0 bridgehead atoms. The Morgan fingerprint density at radius 2 is 1.97 bits per heavy atom. The first-order chi connectivity index (χ1) is 14.8. The second-order valence-corrected chi connectivity index (χ2v) is 10.2. The van der Waals surface area contributed by atoms with Gasteiger partial charge in [0.25, 0.3) is 11.8 Å². The molecule has 5 rings (SSSR count). The van der Waals surface area contributed by atoms with Crippen molar-refractivity contribution in [3.8, 4) is 11.5 Å². The van der Waals surface area contributed by atoms with Crippen molar-refractivity contribution in [3.05, 3.63) is 35.0 Å². The summed E-state index contributed by atoms with van der Waals surface area (Å²) in [4.78, 5) is 14.4. The first kappa shape index (κ1) is 20.4. The highest BCUT2D eigenvalue weighted by Crippen LogP contribution is 2.36. The molecule has 1 amide bonds. The molecule has 0 N–H and O–H groups in total. The summed E-state index contributed by atoms with van der Waals surface area (Å²) in [6.45, 7) is 0.616. The van der Waals surface area contributed by atoms with E-state index in [1.165, 1.54) is 15.3 Å². The van der Waals surface area contributed by atoms with Crippen LogP contribution in [0.1, 0.15) is 53.9 Å². The van der Waals surface area contributed by atoms with Crippen molar-refractivity contribution >= 4 is 15.9 Å². The van der Waals surface area contributed by atoms with E-state index in [2.05, 4.69) is 10.2 Å². The maximum atomic E-state index is 14.7. The Hall–Kier alpha value is -2.47. The van der Waals surface area contributed by atoms with E-state index in [0.29, 0.717) is 32.2 Å². The standard InChI is InChI=1S/C19H19F3N4O4S/c20-15-7-10(17-23-24-18(30-17)16(21)22)6-13-14(15)9-25(19(13)27)8-11-2-1-5-26(11)31(28,29)12-3-4-12/h6-7,11-12,16H,1-5,8-9H2/t11-/m0/s1. The van der Waals surface area contributed by atoms with Crippen molar-refractivity contribution in [1.82, 2.24) is 19.4 Å². The molecule has 31 heavy (non-hydrogen) atoms. The van der Waals surface area contributed by atoms with Crippen molar-refractivity contribution in [3.63, 3.8) is 0 Å². The number of fused-ring (bicyclic) bond motifs is 1. The molecule has 0 unspecified atom stereocenters. The second kappa shape index (κ2) is 7.30. The van der Waals surface area contributed by atoms with Crippen LogP contribution in [-0.4, -0.2) is 58.1 Å². The molecule has 1 aromatic heterocycles. The van der Waals surface area contributed by atoms with Crippen LogP contribution in [0.5, 0.6) is 0 Å². The minimum Gasteiger partial charge on any atom is -0.415 e. The third-order valence-corrected chi connectivity index (χ3v) is 8.41. The number of sulfonamides is 1. The van der Waals surface area contributed by atoms with Crippen molar-refractivity contribution in [1.29, 1.82) is 0 Å². The van der Waals surface area contributed by atoms with E-state index in [4.69, 9.17) is 4.42 Å². The lowest BCUT2D eigenvalue weighted by molar-refractivity contribution is 0.0751. The van der Waals surface area contributed by atoms with Crippen molar-refractivity contribution in [2.45, 2.75) is 49.9 Å². The lowest BCUT2D eigenvalue weighted by Gasteiger charge is -2.28. The van der Waals surface area contributed by atoms with Crippen molar-refractivity contribution < 1.29 is 30.8 Å². The summed E-state index contributed by atoms with van der Waals surface area (Å²) in [7, 11) is -3.36. The summed E-state index contributed by atoms with van der Waals surface area (Å²) >= 11 is 0. The molecule has 1 aliphatic carbocycles. The third-order valence-electron chi connectivity index (χ3n) is 5.96. The number of nitrogens with zero attached hydrogens (tertiary/aromatic N) is 4. The van der Waals surface area contributed by atoms with Gasteiger partial charge in [0, 0.05) is 42.4 Å². The largest absolute Gasteiger partial charge is 0.415 e. The van der Waals surface area contributed by atoms with Gasteiger partial charge >= 0.3 is 6.43 Å². The minimum absolute atomic E-state index is 0.0141. The van der Waals surface area contributed by atoms with Gasteiger partial charge in [-0.25, -0.2) is 12.8 Å². The number of rotatable bonds is 6. The molecular formula is C19H19F3N4O4S. The smallest absolute Gasteiger partial charge is 0.314 e. The summed E-state index contributed by atoms with van der Waals surface area (Å²) in [5, 5.41) is 6.39. The molecule has 1 saturated carbocycles. The lowest BCUT2D eigenvalue weighted by atomic mass is 10.1. The zero-order valence-electron chi connectivity index (χ0n) is 16.3. The molecule has 3 heterocycles. The normalized spacial score (nSPS) is 22.0. The molecule has 0 radical (unpaired) electrons. The van der Waals surface area contributed by atoms with Crippen LogP contribution < -0.4 is 0 Å². The van der Waals surface area contributed by atoms with Gasteiger partial charge in [-0.15, -0.1) is 10.2 Å². The summed E-state index contributed by atoms with van der Waals surface area (Å²) < 4.78 is 71.8. The Morgan fingerprint density at radius 1 is 1.19 bits per heavy atom. The summed E-state index contributed by atoms with van der Waals surface area (Å²) in [5.41, 5.74) is 0.294. The maximum Gasteiger partial charge on any atom is 0.314 e. The van der Waals surface area contributed by atoms with Crippen LogP contribution in [0.15, 0.2) is 16.5 Å². The van der Waals surface area contributed by atoms with Crippen molar-refractivity contribution in [2.24, 2.45) is 0 Å². The monoisotopic (exact) mass is 456 g/mol. The molecule has 1 atom stereocenters. The predicted molar refractivity (Wildman–Crippen MR) is 101 cm³/mol. The zero-order chi connectivity index (χ0) is 21.9. The molecule has 3 aliphatic rings. The number of halogens is 3. The Bertz CT molecular complexity index is 1150. The van der Waals surface area contributed by atoms with Gasteiger partial charge in [-0.1, -0.05) is 0 Å². The number of carbonyl (C=O) groups is 1. The van der Waals surface area contributed by atoms with E-state index in [-0.39, 0.29) is 47.0 Å². The van der Waals surface area contributed by atoms with Crippen LogP contribution in [0.25, 0.3) is 11.5 Å². The van der Waals surface area contributed by atoms with E-state index in [0.717, 1.165) is 6.07 Å². The average molecular weight is 456 g/mol. The maximum absolute atomic E-state index is 14.7. The van der Waals surface area contributed by atoms with Gasteiger partial charge in [0.05, 0.1) is 5.25 Å². The number of alkyl halides is 2. The van der Waals surface area contributed by atoms with Gasteiger partial charge in [0.15, 0.2) is 0 Å². The zero-order valence-corrected chi connectivity index (χ0v) is 17.1. The molecule has 2 fully saturated rings. The molecular weight excluding hydrogens is 437 g/mol. The van der Waals surface area contributed by atoms with Crippen LogP contribution >= 0.6 is 0 Å². The number of carbonyl (C=O) groups excluding carboxylic acids is 1. The highest BCUT2D eigenvalue weighted by Gasteiger charge is 2.45. The average Bonchev–Trinajstić information content (AvgIpc) is 3.16. The number of hydrogen-bond donors (Lipinski definition) is 0. The van der Waals surface area contributed by atoms with Crippen molar-refractivity contribution in [2.75, 3.05) is 13.1 Å². The lowest BCUT2D eigenvalue weighted by Crippen LogP contribution is -2.44. The third kappa shape index (κ3) is 3.51. The van der Waals surface area contributed by atoms with Gasteiger partial charge in [0.1, 0.15) is 5.82 Å². The second-order valence-electron chi connectivity index (χ2n) is 8.07. The summed E-state index contributed by atoms with van der Waals surface area (Å²) in [6.07, 6.45) is -0.280.